The predicted molar refractivity (Wildman–Crippen MR) is 112 cm³/mol. The lowest BCUT2D eigenvalue weighted by molar-refractivity contribution is -0.126. The van der Waals surface area contributed by atoms with E-state index >= 15 is 0 Å². The van der Waals surface area contributed by atoms with E-state index in [0.29, 0.717) is 48.3 Å². The maximum Gasteiger partial charge on any atom is 0.255 e. The molecule has 2 aromatic carbocycles. The summed E-state index contributed by atoms with van der Waals surface area (Å²) in [4.78, 5) is 29.0. The first-order chi connectivity index (χ1) is 13.5. The molecule has 1 N–H and O–H groups in total. The van der Waals surface area contributed by atoms with Gasteiger partial charge in [0.1, 0.15) is 0 Å². The molecule has 1 aliphatic rings. The Labute approximate surface area is 175 Å². The van der Waals surface area contributed by atoms with Gasteiger partial charge in [-0.1, -0.05) is 53.5 Å². The molecule has 5 nitrogen and oxygen atoms in total. The number of carbonyl (C=O) groups excluding carboxylic acids is 2. The van der Waals surface area contributed by atoms with E-state index in [-0.39, 0.29) is 17.9 Å². The summed E-state index contributed by atoms with van der Waals surface area (Å²) in [5.41, 5.74) is 1.52. The molecule has 0 bridgehead atoms. The lowest BCUT2D eigenvalue weighted by Gasteiger charge is -2.37. The summed E-state index contributed by atoms with van der Waals surface area (Å²) in [6.45, 7) is 4.78. The van der Waals surface area contributed by atoms with Crippen molar-refractivity contribution >= 4 is 35.0 Å². The van der Waals surface area contributed by atoms with Crippen LogP contribution in [0.4, 0.5) is 0 Å². The number of rotatable bonds is 5. The van der Waals surface area contributed by atoms with Crippen LogP contribution in [0.25, 0.3) is 0 Å². The van der Waals surface area contributed by atoms with Gasteiger partial charge in [0, 0.05) is 37.7 Å². The molecule has 0 aromatic heterocycles. The van der Waals surface area contributed by atoms with Crippen molar-refractivity contribution in [2.45, 2.75) is 19.5 Å². The van der Waals surface area contributed by atoms with Gasteiger partial charge in [-0.05, 0) is 30.7 Å². The fourth-order valence-electron chi connectivity index (χ4n) is 3.24. The van der Waals surface area contributed by atoms with E-state index in [0.717, 1.165) is 5.56 Å². The Balaban J connectivity index is 1.51. The molecule has 7 heteroatoms. The van der Waals surface area contributed by atoms with Crippen LogP contribution in [0.5, 0.6) is 0 Å². The van der Waals surface area contributed by atoms with E-state index in [1.54, 1.807) is 23.1 Å². The number of hydrogen-bond donors (Lipinski definition) is 1. The first-order valence-electron chi connectivity index (χ1n) is 9.25. The quantitative estimate of drug-likeness (QED) is 0.806. The first-order valence-corrected chi connectivity index (χ1v) is 10.0. The van der Waals surface area contributed by atoms with Gasteiger partial charge in [0.05, 0.1) is 16.6 Å². The molecule has 1 unspecified atom stereocenters. The van der Waals surface area contributed by atoms with Gasteiger partial charge >= 0.3 is 0 Å². The Morgan fingerprint density at radius 1 is 1.04 bits per heavy atom. The van der Waals surface area contributed by atoms with Crippen LogP contribution in [0, 0.1) is 0 Å². The fourth-order valence-corrected chi connectivity index (χ4v) is 3.73. The molecule has 0 saturated carbocycles. The number of piperazine rings is 1. The smallest absolute Gasteiger partial charge is 0.255 e. The van der Waals surface area contributed by atoms with Gasteiger partial charge in [0.25, 0.3) is 5.91 Å². The summed E-state index contributed by atoms with van der Waals surface area (Å²) in [6.07, 6.45) is 0. The third-order valence-corrected chi connectivity index (χ3v) is 5.55. The molecule has 0 spiro atoms. The topological polar surface area (TPSA) is 52.7 Å². The number of carbonyl (C=O) groups is 2. The average molecular weight is 420 g/mol. The molecule has 1 aliphatic heterocycles. The van der Waals surface area contributed by atoms with Crippen molar-refractivity contribution in [1.29, 1.82) is 0 Å². The average Bonchev–Trinajstić information content (AvgIpc) is 2.72. The van der Waals surface area contributed by atoms with Crippen LogP contribution in [0.2, 0.25) is 10.0 Å². The highest BCUT2D eigenvalue weighted by molar-refractivity contribution is 6.36. The number of benzene rings is 2. The summed E-state index contributed by atoms with van der Waals surface area (Å²) in [7, 11) is 0. The summed E-state index contributed by atoms with van der Waals surface area (Å²) in [6, 6.07) is 14.5. The van der Waals surface area contributed by atoms with E-state index in [2.05, 4.69) is 10.2 Å². The molecule has 1 heterocycles. The molecular formula is C21H23Cl2N3O2. The van der Waals surface area contributed by atoms with Crippen LogP contribution in [0.1, 0.15) is 22.8 Å². The van der Waals surface area contributed by atoms with Crippen molar-refractivity contribution < 1.29 is 9.59 Å². The Morgan fingerprint density at radius 3 is 2.36 bits per heavy atom. The van der Waals surface area contributed by atoms with Gasteiger partial charge in [0.15, 0.2) is 0 Å². The highest BCUT2D eigenvalue weighted by atomic mass is 35.5. The summed E-state index contributed by atoms with van der Waals surface area (Å²) < 4.78 is 0. The zero-order chi connectivity index (χ0) is 20.1. The molecule has 2 aromatic rings. The van der Waals surface area contributed by atoms with Crippen molar-refractivity contribution in [2.75, 3.05) is 26.2 Å². The Bertz CT molecular complexity index is 837. The van der Waals surface area contributed by atoms with Crippen molar-refractivity contribution in [1.82, 2.24) is 15.1 Å². The van der Waals surface area contributed by atoms with Crippen LogP contribution >= 0.6 is 23.2 Å². The van der Waals surface area contributed by atoms with Gasteiger partial charge in [-0.2, -0.15) is 0 Å². The van der Waals surface area contributed by atoms with E-state index < -0.39 is 0 Å². The van der Waals surface area contributed by atoms with Gasteiger partial charge in [0.2, 0.25) is 5.91 Å². The molecule has 0 radical (unpaired) electrons. The molecule has 28 heavy (non-hydrogen) atoms. The van der Waals surface area contributed by atoms with Crippen LogP contribution in [0.15, 0.2) is 48.5 Å². The monoisotopic (exact) mass is 419 g/mol. The van der Waals surface area contributed by atoms with Gasteiger partial charge in [-0.15, -0.1) is 0 Å². The standard InChI is InChI=1S/C21H23Cl2N3O2/c1-15(20(27)24-14-16-5-3-2-4-6-16)25-9-11-26(12-10-25)21(28)18-8-7-17(22)13-19(18)23/h2-8,13,15H,9-12,14H2,1H3,(H,24,27). The second-order valence-corrected chi connectivity index (χ2v) is 7.68. The summed E-state index contributed by atoms with van der Waals surface area (Å²) in [5.74, 6) is -0.119. The summed E-state index contributed by atoms with van der Waals surface area (Å²) in [5, 5.41) is 3.83. The Morgan fingerprint density at radius 2 is 1.71 bits per heavy atom. The summed E-state index contributed by atoms with van der Waals surface area (Å²) >= 11 is 12.1. The third kappa shape index (κ3) is 5.04. The van der Waals surface area contributed by atoms with Crippen LogP contribution in [-0.2, 0) is 11.3 Å². The molecule has 3 rings (SSSR count). The fraction of sp³-hybridized carbons (Fsp3) is 0.333. The maximum absolute atomic E-state index is 12.7. The minimum Gasteiger partial charge on any atom is -0.351 e. The third-order valence-electron chi connectivity index (χ3n) is 5.00. The number of nitrogens with one attached hydrogen (secondary N) is 1. The minimum absolute atomic E-state index is 0.00984. The zero-order valence-corrected chi connectivity index (χ0v) is 17.2. The molecule has 2 amide bonds. The Kier molecular flexibility index (Phi) is 6.94. The van der Waals surface area contributed by atoms with E-state index in [1.165, 1.54) is 0 Å². The zero-order valence-electron chi connectivity index (χ0n) is 15.7. The second kappa shape index (κ2) is 9.41. The molecular weight excluding hydrogens is 397 g/mol. The van der Waals surface area contributed by atoms with E-state index in [9.17, 15) is 9.59 Å². The predicted octanol–water partition coefficient (Wildman–Crippen LogP) is 3.46. The lowest BCUT2D eigenvalue weighted by atomic mass is 10.1. The number of nitrogens with zero attached hydrogens (tertiary/aromatic N) is 2. The Hall–Kier alpha value is -2.08. The lowest BCUT2D eigenvalue weighted by Crippen LogP contribution is -2.54. The van der Waals surface area contributed by atoms with E-state index in [1.807, 2.05) is 37.3 Å². The molecule has 1 fully saturated rings. The van der Waals surface area contributed by atoms with Crippen LogP contribution < -0.4 is 5.32 Å². The van der Waals surface area contributed by atoms with Crippen LogP contribution in [-0.4, -0.2) is 53.8 Å². The van der Waals surface area contributed by atoms with Crippen LogP contribution in [0.3, 0.4) is 0 Å². The number of hydrogen-bond acceptors (Lipinski definition) is 3. The molecule has 1 atom stereocenters. The second-order valence-electron chi connectivity index (χ2n) is 6.83. The van der Waals surface area contributed by atoms with Crippen molar-refractivity contribution in [3.63, 3.8) is 0 Å². The van der Waals surface area contributed by atoms with Crippen molar-refractivity contribution in [3.8, 4) is 0 Å². The number of amides is 2. The highest BCUT2D eigenvalue weighted by Crippen LogP contribution is 2.23. The molecule has 148 valence electrons. The van der Waals surface area contributed by atoms with Gasteiger partial charge in [-0.3, -0.25) is 14.5 Å². The van der Waals surface area contributed by atoms with Crippen molar-refractivity contribution in [3.05, 3.63) is 69.7 Å². The molecule has 0 aliphatic carbocycles. The molecule has 1 saturated heterocycles. The maximum atomic E-state index is 12.7. The normalized spacial score (nSPS) is 15.9. The SMILES string of the molecule is CC(C(=O)NCc1ccccc1)N1CCN(C(=O)c2ccc(Cl)cc2Cl)CC1. The van der Waals surface area contributed by atoms with Crippen molar-refractivity contribution in [2.24, 2.45) is 0 Å². The number of halogens is 2. The largest absolute Gasteiger partial charge is 0.351 e. The first kappa shape index (κ1) is 20.6. The van der Waals surface area contributed by atoms with E-state index in [4.69, 9.17) is 23.2 Å². The minimum atomic E-state index is -0.250. The highest BCUT2D eigenvalue weighted by Gasteiger charge is 2.28. The van der Waals surface area contributed by atoms with Gasteiger partial charge < -0.3 is 10.2 Å². The van der Waals surface area contributed by atoms with Gasteiger partial charge in [-0.25, -0.2) is 0 Å².